The highest BCUT2D eigenvalue weighted by atomic mass is 16.3. The molecule has 7 aromatic carbocycles. The normalized spacial score (nSPS) is 13.4. The van der Waals surface area contributed by atoms with E-state index in [1.54, 1.807) is 0 Å². The predicted molar refractivity (Wildman–Crippen MR) is 199 cm³/mol. The summed E-state index contributed by atoms with van der Waals surface area (Å²) in [5.41, 5.74) is 14.2. The second kappa shape index (κ2) is 9.97. The molecular weight excluding hydrogens is 587 g/mol. The molecule has 2 aromatic heterocycles. The van der Waals surface area contributed by atoms with Crippen LogP contribution in [0.5, 0.6) is 0 Å². The highest BCUT2D eigenvalue weighted by Gasteiger charge is 2.38. The van der Waals surface area contributed by atoms with E-state index in [4.69, 9.17) is 8.83 Å². The van der Waals surface area contributed by atoms with Gasteiger partial charge < -0.3 is 13.7 Å². The lowest BCUT2D eigenvalue weighted by molar-refractivity contribution is 0.660. The summed E-state index contributed by atoms with van der Waals surface area (Å²) in [5.74, 6) is 0. The van der Waals surface area contributed by atoms with Crippen LogP contribution in [0.4, 0.5) is 17.1 Å². The molecule has 0 saturated heterocycles. The van der Waals surface area contributed by atoms with Crippen molar-refractivity contribution in [1.29, 1.82) is 0 Å². The topological polar surface area (TPSA) is 29.5 Å². The van der Waals surface area contributed by atoms with Crippen molar-refractivity contribution in [2.75, 3.05) is 4.90 Å². The lowest BCUT2D eigenvalue weighted by Crippen LogP contribution is -2.16. The fourth-order valence-electron chi connectivity index (χ4n) is 8.08. The molecule has 0 atom stereocenters. The van der Waals surface area contributed by atoms with Gasteiger partial charge >= 0.3 is 0 Å². The van der Waals surface area contributed by atoms with Crippen molar-refractivity contribution in [3.05, 3.63) is 163 Å². The summed E-state index contributed by atoms with van der Waals surface area (Å²) in [5, 5.41) is 4.48. The molecule has 1 aliphatic rings. The average Bonchev–Trinajstić information content (AvgIpc) is 3.77. The van der Waals surface area contributed by atoms with E-state index in [1.165, 1.54) is 22.3 Å². The molecule has 10 rings (SSSR count). The number of rotatable bonds is 4. The zero-order valence-corrected chi connectivity index (χ0v) is 26.7. The maximum Gasteiger partial charge on any atom is 0.137 e. The summed E-state index contributed by atoms with van der Waals surface area (Å²) in [4.78, 5) is 2.43. The quantitative estimate of drug-likeness (QED) is 0.197. The highest BCUT2D eigenvalue weighted by molar-refractivity contribution is 6.14. The van der Waals surface area contributed by atoms with Gasteiger partial charge in [0.1, 0.15) is 22.3 Å². The molecule has 228 valence electrons. The van der Waals surface area contributed by atoms with Crippen molar-refractivity contribution in [2.45, 2.75) is 19.3 Å². The summed E-state index contributed by atoms with van der Waals surface area (Å²) in [6, 6.07) is 54.0. The summed E-state index contributed by atoms with van der Waals surface area (Å²) >= 11 is 0. The van der Waals surface area contributed by atoms with Gasteiger partial charge in [0.25, 0.3) is 0 Å². The first-order valence-electron chi connectivity index (χ1n) is 16.5. The van der Waals surface area contributed by atoms with E-state index in [2.05, 4.69) is 146 Å². The maximum absolute atomic E-state index is 6.47. The van der Waals surface area contributed by atoms with Crippen LogP contribution in [0.25, 0.3) is 66.1 Å². The second-order valence-electron chi connectivity index (χ2n) is 13.3. The molecule has 48 heavy (non-hydrogen) atoms. The highest BCUT2D eigenvalue weighted by Crippen LogP contribution is 2.55. The molecule has 9 aromatic rings. The number of hydrogen-bond donors (Lipinski definition) is 0. The van der Waals surface area contributed by atoms with Gasteiger partial charge in [0.05, 0.1) is 11.4 Å². The molecule has 0 amide bonds. The van der Waals surface area contributed by atoms with Gasteiger partial charge in [0, 0.05) is 49.8 Å². The van der Waals surface area contributed by atoms with E-state index < -0.39 is 0 Å². The van der Waals surface area contributed by atoms with Crippen LogP contribution in [0.1, 0.15) is 25.0 Å². The fraction of sp³-hybridized carbons (Fsp3) is 0.0667. The third-order valence-corrected chi connectivity index (χ3v) is 10.3. The minimum atomic E-state index is -0.128. The number of furan rings is 2. The molecule has 0 aliphatic heterocycles. The number of nitrogens with zero attached hydrogens (tertiary/aromatic N) is 1. The molecular formula is C45H31NO2. The number of benzene rings is 7. The van der Waals surface area contributed by atoms with Crippen molar-refractivity contribution in [2.24, 2.45) is 0 Å². The average molecular weight is 618 g/mol. The van der Waals surface area contributed by atoms with E-state index in [9.17, 15) is 0 Å². The molecule has 2 heterocycles. The molecule has 3 nitrogen and oxygen atoms in total. The van der Waals surface area contributed by atoms with Crippen LogP contribution < -0.4 is 4.90 Å². The number of hydrogen-bond acceptors (Lipinski definition) is 3. The molecule has 0 spiro atoms. The van der Waals surface area contributed by atoms with Crippen LogP contribution in [0.3, 0.4) is 0 Å². The molecule has 0 radical (unpaired) electrons. The Hall–Kier alpha value is -6.06. The second-order valence-corrected chi connectivity index (χ2v) is 13.3. The Morgan fingerprint density at radius 2 is 1.02 bits per heavy atom. The monoisotopic (exact) mass is 617 g/mol. The van der Waals surface area contributed by atoms with Crippen LogP contribution in [0.2, 0.25) is 0 Å². The Kier molecular flexibility index (Phi) is 5.63. The Morgan fingerprint density at radius 3 is 1.90 bits per heavy atom. The van der Waals surface area contributed by atoms with Gasteiger partial charge in [-0.05, 0) is 64.7 Å². The fourth-order valence-corrected chi connectivity index (χ4v) is 8.08. The summed E-state index contributed by atoms with van der Waals surface area (Å²) in [6.07, 6.45) is 0. The summed E-state index contributed by atoms with van der Waals surface area (Å²) in [6.45, 7) is 4.68. The minimum absolute atomic E-state index is 0.128. The predicted octanol–water partition coefficient (Wildman–Crippen LogP) is 12.9. The first-order chi connectivity index (χ1) is 23.6. The standard InChI is InChI=1S/C45H31NO2/c1-45(2)35-18-7-3-15-33(35)44-36(45)19-12-21-38(44)46(28-25-26-31-30-14-5-9-22-39(30)48-42(31)27-28)37-20-8-4-13-29(37)32-17-11-24-41-43(32)34-16-6-10-23-40(34)47-41/h3-27H,1-2H3. The molecule has 0 fully saturated rings. The van der Waals surface area contributed by atoms with Crippen LogP contribution in [0, 0.1) is 0 Å². The molecule has 3 heteroatoms. The van der Waals surface area contributed by atoms with Crippen molar-refractivity contribution in [1.82, 2.24) is 0 Å². The first kappa shape index (κ1) is 27.1. The van der Waals surface area contributed by atoms with E-state index in [0.717, 1.165) is 72.1 Å². The van der Waals surface area contributed by atoms with Crippen LogP contribution >= 0.6 is 0 Å². The van der Waals surface area contributed by atoms with E-state index in [-0.39, 0.29) is 5.41 Å². The maximum atomic E-state index is 6.47. The van der Waals surface area contributed by atoms with Gasteiger partial charge in [-0.1, -0.05) is 117 Å². The van der Waals surface area contributed by atoms with Gasteiger partial charge in [-0.3, -0.25) is 0 Å². The van der Waals surface area contributed by atoms with Crippen LogP contribution in [-0.4, -0.2) is 0 Å². The Labute approximate surface area is 278 Å². The smallest absolute Gasteiger partial charge is 0.137 e. The van der Waals surface area contributed by atoms with Gasteiger partial charge in [0.15, 0.2) is 0 Å². The van der Waals surface area contributed by atoms with Crippen molar-refractivity contribution < 1.29 is 8.83 Å². The third-order valence-electron chi connectivity index (χ3n) is 10.3. The van der Waals surface area contributed by atoms with Gasteiger partial charge in [-0.2, -0.15) is 0 Å². The third kappa shape index (κ3) is 3.76. The zero-order valence-electron chi connectivity index (χ0n) is 26.7. The minimum Gasteiger partial charge on any atom is -0.456 e. The van der Waals surface area contributed by atoms with Gasteiger partial charge in [-0.25, -0.2) is 0 Å². The first-order valence-corrected chi connectivity index (χ1v) is 16.5. The van der Waals surface area contributed by atoms with E-state index in [0.29, 0.717) is 0 Å². The Morgan fingerprint density at radius 1 is 0.438 bits per heavy atom. The van der Waals surface area contributed by atoms with E-state index >= 15 is 0 Å². The van der Waals surface area contributed by atoms with Crippen molar-refractivity contribution in [3.63, 3.8) is 0 Å². The van der Waals surface area contributed by atoms with Crippen LogP contribution in [-0.2, 0) is 5.41 Å². The number of anilines is 3. The van der Waals surface area contributed by atoms with Gasteiger partial charge in [-0.15, -0.1) is 0 Å². The molecule has 0 N–H and O–H groups in total. The van der Waals surface area contributed by atoms with Crippen LogP contribution in [0.15, 0.2) is 160 Å². The zero-order chi connectivity index (χ0) is 32.0. The lowest BCUT2D eigenvalue weighted by atomic mass is 9.82. The largest absolute Gasteiger partial charge is 0.456 e. The van der Waals surface area contributed by atoms with E-state index in [1.807, 2.05) is 24.3 Å². The number of fused-ring (bicyclic) bond motifs is 9. The summed E-state index contributed by atoms with van der Waals surface area (Å²) < 4.78 is 12.8. The summed E-state index contributed by atoms with van der Waals surface area (Å²) in [7, 11) is 0. The molecule has 1 aliphatic carbocycles. The van der Waals surface area contributed by atoms with Gasteiger partial charge in [0.2, 0.25) is 0 Å². The molecule has 0 unspecified atom stereocenters. The Balaban J connectivity index is 1.29. The lowest BCUT2D eigenvalue weighted by Gasteiger charge is -2.30. The SMILES string of the molecule is CC1(C)c2ccccc2-c2c(N(c3ccc4c(c3)oc3ccccc34)c3ccccc3-c3cccc4oc5ccccc5c34)cccc21. The van der Waals surface area contributed by atoms with Crippen molar-refractivity contribution in [3.8, 4) is 22.3 Å². The van der Waals surface area contributed by atoms with Crippen molar-refractivity contribution >= 4 is 60.9 Å². The number of para-hydroxylation sites is 3. The Bertz CT molecular complexity index is 2730. The molecule has 0 saturated carbocycles. The molecule has 0 bridgehead atoms.